The Morgan fingerprint density at radius 3 is 2.41 bits per heavy atom. The highest BCUT2D eigenvalue weighted by Gasteiger charge is 2.15. The Kier molecular flexibility index (Phi) is 8.17. The van der Waals surface area contributed by atoms with Gasteiger partial charge in [-0.3, -0.25) is 0 Å². The molecule has 2 aromatic carbocycles. The number of furan rings is 1. The SMILES string of the molecule is S=C(Nc1ccc(Oc2ccccc2)cc1)N(CCCN1CCCCC1)Cc1ccco1. The fourth-order valence-corrected chi connectivity index (χ4v) is 4.22. The van der Waals surface area contributed by atoms with E-state index < -0.39 is 0 Å². The van der Waals surface area contributed by atoms with E-state index in [2.05, 4.69) is 15.1 Å². The van der Waals surface area contributed by atoms with Gasteiger partial charge in [-0.15, -0.1) is 0 Å². The minimum atomic E-state index is 0.661. The molecule has 0 unspecified atom stereocenters. The van der Waals surface area contributed by atoms with Crippen LogP contribution < -0.4 is 10.1 Å². The average molecular weight is 450 g/mol. The molecule has 168 valence electrons. The number of para-hydroxylation sites is 1. The summed E-state index contributed by atoms with van der Waals surface area (Å²) in [5.74, 6) is 2.53. The molecule has 1 aliphatic heterocycles. The normalized spacial score (nSPS) is 14.1. The van der Waals surface area contributed by atoms with Crippen LogP contribution in [0.1, 0.15) is 31.4 Å². The van der Waals surface area contributed by atoms with Crippen molar-refractivity contribution in [3.63, 3.8) is 0 Å². The third kappa shape index (κ3) is 6.84. The molecular formula is C26H31N3O2S. The van der Waals surface area contributed by atoms with E-state index in [9.17, 15) is 0 Å². The minimum absolute atomic E-state index is 0.661. The summed E-state index contributed by atoms with van der Waals surface area (Å²) in [6.07, 6.45) is 6.79. The van der Waals surface area contributed by atoms with Crippen LogP contribution in [-0.4, -0.2) is 41.1 Å². The number of piperidine rings is 1. The smallest absolute Gasteiger partial charge is 0.173 e. The van der Waals surface area contributed by atoms with Gasteiger partial charge in [0, 0.05) is 12.2 Å². The van der Waals surface area contributed by atoms with Gasteiger partial charge < -0.3 is 24.3 Å². The number of ether oxygens (including phenoxy) is 1. The third-order valence-electron chi connectivity index (χ3n) is 5.65. The number of anilines is 1. The number of nitrogens with zero attached hydrogens (tertiary/aromatic N) is 2. The summed E-state index contributed by atoms with van der Waals surface area (Å²) in [5, 5.41) is 4.09. The molecule has 1 aliphatic rings. The number of thiocarbonyl (C=S) groups is 1. The number of nitrogens with one attached hydrogen (secondary N) is 1. The molecule has 0 aliphatic carbocycles. The molecule has 0 radical (unpaired) electrons. The fraction of sp³-hybridized carbons (Fsp3) is 0.346. The summed E-state index contributed by atoms with van der Waals surface area (Å²) < 4.78 is 11.5. The van der Waals surface area contributed by atoms with Crippen molar-refractivity contribution in [3.05, 3.63) is 78.8 Å². The number of hydrogen-bond acceptors (Lipinski definition) is 4. The van der Waals surface area contributed by atoms with Gasteiger partial charge in [-0.05, 0) is 99.6 Å². The van der Waals surface area contributed by atoms with Gasteiger partial charge in [0.05, 0.1) is 12.8 Å². The van der Waals surface area contributed by atoms with Gasteiger partial charge >= 0.3 is 0 Å². The lowest BCUT2D eigenvalue weighted by Crippen LogP contribution is -2.37. The topological polar surface area (TPSA) is 40.9 Å². The summed E-state index contributed by atoms with van der Waals surface area (Å²) in [4.78, 5) is 4.75. The van der Waals surface area contributed by atoms with Gasteiger partial charge in [0.15, 0.2) is 5.11 Å². The Hall–Kier alpha value is -2.83. The van der Waals surface area contributed by atoms with Gasteiger partial charge in [0.2, 0.25) is 0 Å². The van der Waals surface area contributed by atoms with Crippen LogP contribution in [0.3, 0.4) is 0 Å². The predicted octanol–water partition coefficient (Wildman–Crippen LogP) is 6.15. The molecule has 1 N–H and O–H groups in total. The third-order valence-corrected chi connectivity index (χ3v) is 6.01. The molecule has 0 spiro atoms. The van der Waals surface area contributed by atoms with E-state index in [0.29, 0.717) is 11.7 Å². The number of likely N-dealkylation sites (tertiary alicyclic amines) is 1. The Bertz CT molecular complexity index is 939. The van der Waals surface area contributed by atoms with Crippen LogP contribution in [-0.2, 0) is 6.54 Å². The van der Waals surface area contributed by atoms with Crippen LogP contribution in [0.25, 0.3) is 0 Å². The summed E-state index contributed by atoms with van der Waals surface area (Å²) in [6.45, 7) is 5.10. The van der Waals surface area contributed by atoms with Crippen LogP contribution in [0.2, 0.25) is 0 Å². The maximum absolute atomic E-state index is 5.88. The van der Waals surface area contributed by atoms with E-state index >= 15 is 0 Å². The monoisotopic (exact) mass is 449 g/mol. The molecule has 5 nitrogen and oxygen atoms in total. The van der Waals surface area contributed by atoms with Gasteiger partial charge in [0.25, 0.3) is 0 Å². The zero-order chi connectivity index (χ0) is 22.0. The second kappa shape index (κ2) is 11.7. The van der Waals surface area contributed by atoms with Crippen LogP contribution >= 0.6 is 12.2 Å². The molecule has 0 saturated carbocycles. The van der Waals surface area contributed by atoms with E-state index in [0.717, 1.165) is 42.5 Å². The lowest BCUT2D eigenvalue weighted by molar-refractivity contribution is 0.217. The summed E-state index contributed by atoms with van der Waals surface area (Å²) in [7, 11) is 0. The van der Waals surface area contributed by atoms with Crippen LogP contribution in [0.4, 0.5) is 5.69 Å². The van der Waals surface area contributed by atoms with Crippen molar-refractivity contribution >= 4 is 23.0 Å². The fourth-order valence-electron chi connectivity index (χ4n) is 3.94. The lowest BCUT2D eigenvalue weighted by Gasteiger charge is -2.29. The summed E-state index contributed by atoms with van der Waals surface area (Å²) in [5.41, 5.74) is 0.941. The second-order valence-electron chi connectivity index (χ2n) is 8.13. The molecule has 4 rings (SSSR count). The van der Waals surface area contributed by atoms with Crippen molar-refractivity contribution in [2.45, 2.75) is 32.2 Å². The summed E-state index contributed by atoms with van der Waals surface area (Å²) >= 11 is 5.77. The van der Waals surface area contributed by atoms with Crippen LogP contribution in [0, 0.1) is 0 Å². The molecule has 3 aromatic rings. The molecule has 1 saturated heterocycles. The van der Waals surface area contributed by atoms with Crippen molar-refractivity contribution in [2.75, 3.05) is 31.5 Å². The quantitative estimate of drug-likeness (QED) is 0.395. The van der Waals surface area contributed by atoms with E-state index in [1.165, 1.54) is 32.4 Å². The Labute approximate surface area is 196 Å². The molecule has 1 fully saturated rings. The maximum atomic E-state index is 5.88. The standard InChI is InChI=1S/C26H31N3O2S/c32-26(27-22-12-14-24(15-13-22)31-23-9-3-1-4-10-23)29(21-25-11-7-20-30-25)19-8-18-28-16-5-2-6-17-28/h1,3-4,7,9-15,20H,2,5-6,8,16-19,21H2,(H,27,32). The van der Waals surface area contributed by atoms with Crippen LogP contribution in [0.5, 0.6) is 11.5 Å². The van der Waals surface area contributed by atoms with Gasteiger partial charge in [-0.2, -0.15) is 0 Å². The lowest BCUT2D eigenvalue weighted by atomic mass is 10.1. The largest absolute Gasteiger partial charge is 0.467 e. The van der Waals surface area contributed by atoms with Crippen molar-refractivity contribution in [1.29, 1.82) is 0 Å². The highest BCUT2D eigenvalue weighted by Crippen LogP contribution is 2.23. The van der Waals surface area contributed by atoms with E-state index in [-0.39, 0.29) is 0 Å². The van der Waals surface area contributed by atoms with Gasteiger partial charge in [0.1, 0.15) is 17.3 Å². The molecule has 6 heteroatoms. The Morgan fingerprint density at radius 2 is 1.69 bits per heavy atom. The molecule has 0 bridgehead atoms. The maximum Gasteiger partial charge on any atom is 0.173 e. The predicted molar refractivity (Wildman–Crippen MR) is 133 cm³/mol. The van der Waals surface area contributed by atoms with Gasteiger partial charge in [-0.25, -0.2) is 0 Å². The highest BCUT2D eigenvalue weighted by molar-refractivity contribution is 7.80. The van der Waals surface area contributed by atoms with E-state index in [1.807, 2.05) is 66.7 Å². The average Bonchev–Trinajstić information content (AvgIpc) is 3.34. The zero-order valence-corrected chi connectivity index (χ0v) is 19.2. The van der Waals surface area contributed by atoms with Crippen LogP contribution in [0.15, 0.2) is 77.4 Å². The first-order chi connectivity index (χ1) is 15.8. The molecule has 2 heterocycles. The first-order valence-corrected chi connectivity index (χ1v) is 11.8. The van der Waals surface area contributed by atoms with Crippen molar-refractivity contribution in [3.8, 4) is 11.5 Å². The first kappa shape index (κ1) is 22.4. The van der Waals surface area contributed by atoms with Crippen molar-refractivity contribution < 1.29 is 9.15 Å². The number of hydrogen-bond donors (Lipinski definition) is 1. The van der Waals surface area contributed by atoms with E-state index in [1.54, 1.807) is 6.26 Å². The molecule has 0 amide bonds. The second-order valence-corrected chi connectivity index (χ2v) is 8.51. The Morgan fingerprint density at radius 1 is 0.938 bits per heavy atom. The van der Waals surface area contributed by atoms with Crippen molar-refractivity contribution in [2.24, 2.45) is 0 Å². The number of benzene rings is 2. The van der Waals surface area contributed by atoms with E-state index in [4.69, 9.17) is 21.4 Å². The number of rotatable bonds is 9. The van der Waals surface area contributed by atoms with Crippen molar-refractivity contribution in [1.82, 2.24) is 9.80 Å². The molecular weight excluding hydrogens is 418 g/mol. The zero-order valence-electron chi connectivity index (χ0n) is 18.4. The molecule has 0 atom stereocenters. The Balaban J connectivity index is 1.33. The summed E-state index contributed by atoms with van der Waals surface area (Å²) in [6, 6.07) is 21.6. The first-order valence-electron chi connectivity index (χ1n) is 11.4. The van der Waals surface area contributed by atoms with Gasteiger partial charge in [-0.1, -0.05) is 24.6 Å². The highest BCUT2D eigenvalue weighted by atomic mass is 32.1. The molecule has 32 heavy (non-hydrogen) atoms. The molecule has 1 aromatic heterocycles. The minimum Gasteiger partial charge on any atom is -0.467 e.